The lowest BCUT2D eigenvalue weighted by molar-refractivity contribution is 0.451. The van der Waals surface area contributed by atoms with Crippen molar-refractivity contribution in [1.29, 1.82) is 10.8 Å². The van der Waals surface area contributed by atoms with Crippen molar-refractivity contribution in [2.45, 2.75) is 45.1 Å². The maximum absolute atomic E-state index is 14.7. The van der Waals surface area contributed by atoms with Crippen LogP contribution in [0.3, 0.4) is 0 Å². The first-order valence-corrected chi connectivity index (χ1v) is 11.7. The number of rotatable bonds is 4. The Morgan fingerprint density at radius 3 is 2.64 bits per heavy atom. The molecule has 3 heterocycles. The van der Waals surface area contributed by atoms with E-state index in [1.807, 2.05) is 18.7 Å². The molecule has 0 amide bonds. The Hall–Kier alpha value is -3.01. The van der Waals surface area contributed by atoms with E-state index < -0.39 is 17.2 Å². The van der Waals surface area contributed by atoms with Crippen LogP contribution < -0.4 is 10.6 Å². The molecule has 1 atom stereocenters. The van der Waals surface area contributed by atoms with Crippen LogP contribution in [0.25, 0.3) is 5.65 Å². The average Bonchev–Trinajstić information content (AvgIpc) is 3.26. The molecule has 4 N–H and O–H groups in total. The van der Waals surface area contributed by atoms with E-state index in [9.17, 15) is 8.78 Å². The molecule has 3 aromatic rings. The zero-order valence-electron chi connectivity index (χ0n) is 18.5. The van der Waals surface area contributed by atoms with E-state index in [1.54, 1.807) is 12.3 Å². The summed E-state index contributed by atoms with van der Waals surface area (Å²) >= 11 is 1.08. The number of fused-ring (bicyclic) bond motifs is 1. The van der Waals surface area contributed by atoms with Gasteiger partial charge < -0.3 is 10.6 Å². The van der Waals surface area contributed by atoms with Crippen molar-refractivity contribution in [2.75, 3.05) is 17.2 Å². The Morgan fingerprint density at radius 2 is 1.91 bits per heavy atom. The summed E-state index contributed by atoms with van der Waals surface area (Å²) in [5.41, 5.74) is 6.30. The third kappa shape index (κ3) is 3.56. The molecule has 7 nitrogen and oxygen atoms in total. The van der Waals surface area contributed by atoms with Gasteiger partial charge in [-0.25, -0.2) is 18.3 Å². The number of anilines is 2. The van der Waals surface area contributed by atoms with E-state index in [0.29, 0.717) is 40.6 Å². The number of halogens is 2. The monoisotopic (exact) mass is 469 g/mol. The number of nitrogen functional groups attached to an aromatic ring is 1. The summed E-state index contributed by atoms with van der Waals surface area (Å²) in [7, 11) is 0. The molecular formula is C23H25F2N7S. The number of thioether (sulfide) groups is 1. The smallest absolute Gasteiger partial charge is 0.169 e. The lowest BCUT2D eigenvalue weighted by Gasteiger charge is -2.37. The molecule has 0 spiro atoms. The van der Waals surface area contributed by atoms with E-state index in [0.717, 1.165) is 43.2 Å². The maximum Gasteiger partial charge on any atom is 0.169 e. The fraction of sp³-hybridized carbons (Fsp3) is 0.391. The molecule has 1 saturated heterocycles. The van der Waals surface area contributed by atoms with Gasteiger partial charge in [-0.3, -0.25) is 10.8 Å². The van der Waals surface area contributed by atoms with Gasteiger partial charge in [0.2, 0.25) is 0 Å². The van der Waals surface area contributed by atoms with Gasteiger partial charge in [-0.05, 0) is 56.9 Å². The highest BCUT2D eigenvalue weighted by atomic mass is 32.2. The van der Waals surface area contributed by atoms with Gasteiger partial charge in [-0.1, -0.05) is 18.7 Å². The predicted molar refractivity (Wildman–Crippen MR) is 127 cm³/mol. The Kier molecular flexibility index (Phi) is 4.97. The molecule has 2 aromatic heterocycles. The Morgan fingerprint density at radius 1 is 1.15 bits per heavy atom. The van der Waals surface area contributed by atoms with Gasteiger partial charge in [-0.15, -0.1) is 5.10 Å². The summed E-state index contributed by atoms with van der Waals surface area (Å²) in [6.45, 7) is 4.54. The topological polar surface area (TPSA) is 107 Å². The SMILES string of the molecule is CC1(C(=N)SC(=N)c2c(N)nn3ccc(N4CCC[C@]4(C)c4cc(F)ccc4F)nc23)CC1. The summed E-state index contributed by atoms with van der Waals surface area (Å²) in [5.74, 6) is -0.182. The van der Waals surface area contributed by atoms with Crippen molar-refractivity contribution < 1.29 is 8.78 Å². The first kappa shape index (κ1) is 21.8. The number of nitrogens with zero attached hydrogens (tertiary/aromatic N) is 4. The molecule has 1 aliphatic carbocycles. The largest absolute Gasteiger partial charge is 0.382 e. The second-order valence-corrected chi connectivity index (χ2v) is 10.3. The lowest BCUT2D eigenvalue weighted by atomic mass is 9.88. The lowest BCUT2D eigenvalue weighted by Crippen LogP contribution is -2.40. The van der Waals surface area contributed by atoms with Crippen LogP contribution in [0, 0.1) is 27.9 Å². The van der Waals surface area contributed by atoms with Crippen LogP contribution in [-0.2, 0) is 5.54 Å². The van der Waals surface area contributed by atoms with Gasteiger partial charge in [0.05, 0.1) is 16.1 Å². The number of aromatic nitrogens is 3. The predicted octanol–water partition coefficient (Wildman–Crippen LogP) is 4.94. The van der Waals surface area contributed by atoms with Crippen LogP contribution in [0.5, 0.6) is 0 Å². The van der Waals surface area contributed by atoms with Gasteiger partial charge in [0, 0.05) is 23.7 Å². The van der Waals surface area contributed by atoms with Crippen molar-refractivity contribution in [2.24, 2.45) is 5.41 Å². The van der Waals surface area contributed by atoms with Crippen LogP contribution in [0.1, 0.15) is 50.7 Å². The summed E-state index contributed by atoms with van der Waals surface area (Å²) in [4.78, 5) is 6.74. The molecule has 33 heavy (non-hydrogen) atoms. The van der Waals surface area contributed by atoms with Crippen LogP contribution in [0.15, 0.2) is 30.5 Å². The second-order valence-electron chi connectivity index (χ2n) is 9.29. The summed E-state index contributed by atoms with van der Waals surface area (Å²) in [6.07, 6.45) is 5.06. The second kappa shape index (κ2) is 7.51. The molecular weight excluding hydrogens is 444 g/mol. The highest BCUT2D eigenvalue weighted by Crippen LogP contribution is 2.49. The standard InChI is InChI=1S/C23H25F2N7S/c1-22(8-9-22)21(28)33-19(27)17-18(26)30-32-11-6-16(29-20(17)32)31-10-3-7-23(31,2)14-12-13(24)4-5-15(14)25/h4-6,11-12,27-28H,3,7-10H2,1-2H3,(H2,26,30)/t23-/m1/s1. The number of nitrogens with two attached hydrogens (primary N) is 1. The number of benzene rings is 1. The van der Waals surface area contributed by atoms with Gasteiger partial charge in [0.25, 0.3) is 0 Å². The minimum Gasteiger partial charge on any atom is -0.382 e. The molecule has 1 saturated carbocycles. The summed E-state index contributed by atoms with van der Waals surface area (Å²) < 4.78 is 30.2. The molecule has 10 heteroatoms. The zero-order valence-corrected chi connectivity index (χ0v) is 19.3. The fourth-order valence-electron chi connectivity index (χ4n) is 4.52. The molecule has 5 rings (SSSR count). The fourth-order valence-corrected chi connectivity index (χ4v) is 5.47. The highest BCUT2D eigenvalue weighted by Gasteiger charge is 2.43. The highest BCUT2D eigenvalue weighted by molar-refractivity contribution is 8.27. The van der Waals surface area contributed by atoms with Crippen molar-refractivity contribution in [1.82, 2.24) is 14.6 Å². The number of hydrogen-bond donors (Lipinski definition) is 3. The third-order valence-corrected chi connectivity index (χ3v) is 8.01. The molecule has 2 aliphatic rings. The molecule has 0 unspecified atom stereocenters. The van der Waals surface area contributed by atoms with Crippen molar-refractivity contribution in [3.8, 4) is 0 Å². The van der Waals surface area contributed by atoms with Crippen molar-refractivity contribution >= 4 is 39.1 Å². The molecule has 0 bridgehead atoms. The van der Waals surface area contributed by atoms with E-state index in [4.69, 9.17) is 21.5 Å². The Labute approximate surface area is 194 Å². The Balaban J connectivity index is 1.54. The molecule has 2 fully saturated rings. The average molecular weight is 470 g/mol. The van der Waals surface area contributed by atoms with Gasteiger partial charge >= 0.3 is 0 Å². The quantitative estimate of drug-likeness (QED) is 0.371. The van der Waals surface area contributed by atoms with Gasteiger partial charge in [-0.2, -0.15) is 0 Å². The van der Waals surface area contributed by atoms with E-state index in [-0.39, 0.29) is 16.3 Å². The molecule has 1 aromatic carbocycles. The first-order chi connectivity index (χ1) is 15.6. The maximum atomic E-state index is 14.7. The minimum atomic E-state index is -0.770. The van der Waals surface area contributed by atoms with E-state index >= 15 is 0 Å². The van der Waals surface area contributed by atoms with Crippen LogP contribution in [-0.4, -0.2) is 31.2 Å². The van der Waals surface area contributed by atoms with Crippen LogP contribution >= 0.6 is 11.8 Å². The van der Waals surface area contributed by atoms with Crippen LogP contribution in [0.4, 0.5) is 20.4 Å². The number of nitrogens with one attached hydrogen (secondary N) is 2. The minimum absolute atomic E-state index is 0.130. The van der Waals surface area contributed by atoms with Crippen molar-refractivity contribution in [3.05, 3.63) is 53.2 Å². The van der Waals surface area contributed by atoms with Gasteiger partial charge in [0.1, 0.15) is 22.5 Å². The Bertz CT molecular complexity index is 1300. The number of hydrogen-bond acceptors (Lipinski definition) is 7. The normalized spacial score (nSPS) is 21.5. The zero-order chi connectivity index (χ0) is 23.5. The van der Waals surface area contributed by atoms with Gasteiger partial charge in [0.15, 0.2) is 11.5 Å². The molecule has 172 valence electrons. The molecule has 1 aliphatic heterocycles. The third-order valence-electron chi connectivity index (χ3n) is 6.90. The van der Waals surface area contributed by atoms with Crippen molar-refractivity contribution in [3.63, 3.8) is 0 Å². The summed E-state index contributed by atoms with van der Waals surface area (Å²) in [6, 6.07) is 5.31. The first-order valence-electron chi connectivity index (χ1n) is 10.9. The van der Waals surface area contributed by atoms with E-state index in [2.05, 4.69) is 5.10 Å². The van der Waals surface area contributed by atoms with Crippen LogP contribution in [0.2, 0.25) is 0 Å². The summed E-state index contributed by atoms with van der Waals surface area (Å²) in [5, 5.41) is 21.8. The van der Waals surface area contributed by atoms with E-state index in [1.165, 1.54) is 10.6 Å². The molecule has 0 radical (unpaired) electrons.